The molecule has 2 atom stereocenters. The highest BCUT2D eigenvalue weighted by molar-refractivity contribution is 5.79. The van der Waals surface area contributed by atoms with Crippen molar-refractivity contribution in [2.75, 3.05) is 6.54 Å². The summed E-state index contributed by atoms with van der Waals surface area (Å²) in [5.74, 6) is 1.30. The number of carbonyl (C=O) groups is 1. The number of nitrogens with zero attached hydrogens (tertiary/aromatic N) is 1. The van der Waals surface area contributed by atoms with Gasteiger partial charge in [-0.3, -0.25) is 4.79 Å². The van der Waals surface area contributed by atoms with Crippen molar-refractivity contribution < 1.29 is 14.6 Å². The molecule has 1 aromatic carbocycles. The number of likely N-dealkylation sites (tertiary alicyclic amines) is 1. The van der Waals surface area contributed by atoms with E-state index in [0.29, 0.717) is 18.9 Å². The van der Waals surface area contributed by atoms with Gasteiger partial charge in [-0.1, -0.05) is 19.9 Å². The number of hydrogen-bond acceptors (Lipinski definition) is 3. The third-order valence-electron chi connectivity index (χ3n) is 4.85. The molecular weight excluding hydrogens is 278 g/mol. The fourth-order valence-corrected chi connectivity index (χ4v) is 3.45. The van der Waals surface area contributed by atoms with Crippen LogP contribution in [0.4, 0.5) is 0 Å². The summed E-state index contributed by atoms with van der Waals surface area (Å²) < 4.78 is 6.00. The molecule has 0 radical (unpaired) electrons. The third-order valence-corrected chi connectivity index (χ3v) is 4.85. The maximum atomic E-state index is 12.2. The highest BCUT2D eigenvalue weighted by Crippen LogP contribution is 2.44. The minimum absolute atomic E-state index is 0.127. The lowest BCUT2D eigenvalue weighted by atomic mass is 9.84. The molecule has 1 saturated heterocycles. The molecule has 0 saturated carbocycles. The Morgan fingerprint density at radius 3 is 2.68 bits per heavy atom. The van der Waals surface area contributed by atoms with Crippen LogP contribution in [0.1, 0.15) is 63.6 Å². The molecule has 1 aromatic rings. The number of aliphatic hydroxyl groups is 1. The zero-order valence-corrected chi connectivity index (χ0v) is 13.8. The van der Waals surface area contributed by atoms with Gasteiger partial charge in [0.05, 0.1) is 6.04 Å². The zero-order chi connectivity index (χ0) is 16.1. The zero-order valence-electron chi connectivity index (χ0n) is 13.8. The molecular formula is C18H25NO3. The average molecular weight is 303 g/mol. The van der Waals surface area contributed by atoms with Gasteiger partial charge in [0.25, 0.3) is 0 Å². The number of amides is 1. The highest BCUT2D eigenvalue weighted by atomic mass is 16.5. The molecule has 120 valence electrons. The van der Waals surface area contributed by atoms with E-state index in [1.807, 2.05) is 24.8 Å². The fourth-order valence-electron chi connectivity index (χ4n) is 3.45. The van der Waals surface area contributed by atoms with Crippen LogP contribution in [0, 0.1) is 0 Å². The van der Waals surface area contributed by atoms with Crippen LogP contribution >= 0.6 is 0 Å². The first kappa shape index (κ1) is 15.3. The Morgan fingerprint density at radius 2 is 2.09 bits per heavy atom. The topological polar surface area (TPSA) is 49.8 Å². The normalized spacial score (nSPS) is 27.0. The second kappa shape index (κ2) is 5.27. The molecule has 1 fully saturated rings. The molecule has 2 aliphatic heterocycles. The standard InChI is InChI=1S/C18H25NO3/c1-11(2)12-7-8-14-13(10-12)16(17(21)18(3,4)22-14)19-9-5-6-15(19)20/h7-8,10-11,16-17,21H,5-6,9H2,1-4H3/t16-,17+/m1/s1. The van der Waals surface area contributed by atoms with Gasteiger partial charge in [0.1, 0.15) is 17.5 Å². The van der Waals surface area contributed by atoms with Crippen molar-refractivity contribution >= 4 is 5.91 Å². The number of aliphatic hydroxyl groups excluding tert-OH is 1. The van der Waals surface area contributed by atoms with Gasteiger partial charge < -0.3 is 14.7 Å². The van der Waals surface area contributed by atoms with Crippen LogP contribution in [-0.2, 0) is 4.79 Å². The average Bonchev–Trinajstić information content (AvgIpc) is 2.85. The highest BCUT2D eigenvalue weighted by Gasteiger charge is 2.47. The van der Waals surface area contributed by atoms with Gasteiger partial charge in [-0.15, -0.1) is 0 Å². The lowest BCUT2D eigenvalue weighted by Crippen LogP contribution is -2.53. The Hall–Kier alpha value is -1.55. The van der Waals surface area contributed by atoms with E-state index in [0.717, 1.165) is 17.7 Å². The summed E-state index contributed by atoms with van der Waals surface area (Å²) in [6.07, 6.45) is 0.705. The lowest BCUT2D eigenvalue weighted by Gasteiger charge is -2.45. The van der Waals surface area contributed by atoms with Crippen LogP contribution in [0.5, 0.6) is 5.75 Å². The summed E-state index contributed by atoms with van der Waals surface area (Å²) in [4.78, 5) is 14.1. The Labute approximate surface area is 132 Å². The van der Waals surface area contributed by atoms with Gasteiger partial charge in [0, 0.05) is 18.5 Å². The number of ether oxygens (including phenoxy) is 1. The van der Waals surface area contributed by atoms with Gasteiger partial charge in [-0.2, -0.15) is 0 Å². The lowest BCUT2D eigenvalue weighted by molar-refractivity contribution is -0.139. The first-order valence-electron chi connectivity index (χ1n) is 8.11. The van der Waals surface area contributed by atoms with E-state index < -0.39 is 11.7 Å². The molecule has 2 heterocycles. The number of carbonyl (C=O) groups excluding carboxylic acids is 1. The van der Waals surface area contributed by atoms with Crippen molar-refractivity contribution in [3.8, 4) is 5.75 Å². The number of fused-ring (bicyclic) bond motifs is 1. The van der Waals surface area contributed by atoms with Gasteiger partial charge in [0.2, 0.25) is 5.91 Å². The monoisotopic (exact) mass is 303 g/mol. The molecule has 0 aromatic heterocycles. The maximum absolute atomic E-state index is 12.2. The SMILES string of the molecule is CC(C)c1ccc2c(c1)[C@@H](N1CCCC1=O)[C@H](O)C(C)(C)O2. The van der Waals surface area contributed by atoms with E-state index in [4.69, 9.17) is 4.74 Å². The molecule has 1 N–H and O–H groups in total. The second-order valence-corrected chi connectivity index (χ2v) is 7.24. The van der Waals surface area contributed by atoms with Crippen molar-refractivity contribution in [3.63, 3.8) is 0 Å². The first-order valence-corrected chi connectivity index (χ1v) is 8.11. The molecule has 4 heteroatoms. The molecule has 0 unspecified atom stereocenters. The minimum Gasteiger partial charge on any atom is -0.485 e. The molecule has 0 bridgehead atoms. The Balaban J connectivity index is 2.10. The molecule has 22 heavy (non-hydrogen) atoms. The van der Waals surface area contributed by atoms with Crippen LogP contribution in [0.2, 0.25) is 0 Å². The summed E-state index contributed by atoms with van der Waals surface area (Å²) in [6.45, 7) is 8.75. The minimum atomic E-state index is -0.732. The van der Waals surface area contributed by atoms with E-state index >= 15 is 0 Å². The summed E-state index contributed by atoms with van der Waals surface area (Å²) in [5.41, 5.74) is 1.43. The number of benzene rings is 1. The van der Waals surface area contributed by atoms with Crippen molar-refractivity contribution in [1.82, 2.24) is 4.90 Å². The van der Waals surface area contributed by atoms with Crippen molar-refractivity contribution in [3.05, 3.63) is 29.3 Å². The Kier molecular flexibility index (Phi) is 3.68. The number of hydrogen-bond donors (Lipinski definition) is 1. The predicted octanol–water partition coefficient (Wildman–Crippen LogP) is 3.01. The molecule has 0 spiro atoms. The van der Waals surface area contributed by atoms with Crippen LogP contribution in [-0.4, -0.2) is 34.2 Å². The quantitative estimate of drug-likeness (QED) is 0.913. The van der Waals surface area contributed by atoms with Crippen molar-refractivity contribution in [1.29, 1.82) is 0 Å². The summed E-state index contributed by atoms with van der Waals surface area (Å²) in [5, 5.41) is 10.8. The maximum Gasteiger partial charge on any atom is 0.223 e. The molecule has 2 aliphatic rings. The summed E-state index contributed by atoms with van der Waals surface area (Å²) >= 11 is 0. The fraction of sp³-hybridized carbons (Fsp3) is 0.611. The second-order valence-electron chi connectivity index (χ2n) is 7.24. The molecule has 1 amide bonds. The van der Waals surface area contributed by atoms with Crippen LogP contribution in [0.25, 0.3) is 0 Å². The van der Waals surface area contributed by atoms with Gasteiger partial charge in [-0.25, -0.2) is 0 Å². The van der Waals surface area contributed by atoms with Gasteiger partial charge in [-0.05, 0) is 43.9 Å². The molecule has 0 aliphatic carbocycles. The Bertz CT molecular complexity index is 594. The smallest absolute Gasteiger partial charge is 0.223 e. The van der Waals surface area contributed by atoms with E-state index in [9.17, 15) is 9.90 Å². The van der Waals surface area contributed by atoms with E-state index in [-0.39, 0.29) is 11.9 Å². The van der Waals surface area contributed by atoms with E-state index in [1.165, 1.54) is 5.56 Å². The van der Waals surface area contributed by atoms with Gasteiger partial charge in [0.15, 0.2) is 0 Å². The molecule has 3 rings (SSSR count). The van der Waals surface area contributed by atoms with Crippen LogP contribution in [0.15, 0.2) is 18.2 Å². The Morgan fingerprint density at radius 1 is 1.36 bits per heavy atom. The third kappa shape index (κ3) is 2.39. The van der Waals surface area contributed by atoms with Crippen LogP contribution < -0.4 is 4.74 Å². The van der Waals surface area contributed by atoms with E-state index in [2.05, 4.69) is 26.0 Å². The summed E-state index contributed by atoms with van der Waals surface area (Å²) in [6, 6.07) is 5.83. The van der Waals surface area contributed by atoms with E-state index in [1.54, 1.807) is 0 Å². The van der Waals surface area contributed by atoms with Gasteiger partial charge >= 0.3 is 0 Å². The molecule has 4 nitrogen and oxygen atoms in total. The first-order chi connectivity index (χ1) is 10.3. The van der Waals surface area contributed by atoms with Crippen LogP contribution in [0.3, 0.4) is 0 Å². The summed E-state index contributed by atoms with van der Waals surface area (Å²) in [7, 11) is 0. The predicted molar refractivity (Wildman–Crippen MR) is 84.9 cm³/mol. The number of rotatable bonds is 2. The largest absolute Gasteiger partial charge is 0.485 e. The van der Waals surface area contributed by atoms with Crippen molar-refractivity contribution in [2.24, 2.45) is 0 Å². The van der Waals surface area contributed by atoms with Crippen molar-refractivity contribution in [2.45, 2.75) is 64.2 Å².